The minimum atomic E-state index is 0.473. The summed E-state index contributed by atoms with van der Waals surface area (Å²) in [6.45, 7) is 0.822. The molecule has 88 valence electrons. The molecule has 0 fully saturated rings. The molecule has 17 heavy (non-hydrogen) atoms. The second-order valence-electron chi connectivity index (χ2n) is 4.52. The number of benzene rings is 1. The molecule has 2 aromatic rings. The lowest BCUT2D eigenvalue weighted by atomic mass is 10.1. The Bertz CT molecular complexity index is 518. The molecule has 4 heteroatoms. The van der Waals surface area contributed by atoms with Gasteiger partial charge in [0.2, 0.25) is 0 Å². The third-order valence-electron chi connectivity index (χ3n) is 3.47. The minimum Gasteiger partial charge on any atom is -0.304 e. The van der Waals surface area contributed by atoms with Crippen LogP contribution in [-0.4, -0.2) is 15.0 Å². The van der Waals surface area contributed by atoms with Crippen LogP contribution in [0.15, 0.2) is 30.5 Å². The van der Waals surface area contributed by atoms with Crippen molar-refractivity contribution in [2.45, 2.75) is 25.4 Å². The third-order valence-corrected chi connectivity index (χ3v) is 3.47. The van der Waals surface area contributed by atoms with Crippen molar-refractivity contribution in [3.8, 4) is 0 Å². The number of hydrogen-bond acceptors (Lipinski definition) is 3. The van der Waals surface area contributed by atoms with Crippen LogP contribution in [0.4, 0.5) is 0 Å². The van der Waals surface area contributed by atoms with E-state index >= 15 is 0 Å². The summed E-state index contributed by atoms with van der Waals surface area (Å²) < 4.78 is 1.81. The van der Waals surface area contributed by atoms with Crippen LogP contribution in [0.2, 0.25) is 0 Å². The molecule has 1 N–H and O–H groups in total. The zero-order valence-electron chi connectivity index (χ0n) is 9.93. The van der Waals surface area contributed by atoms with Crippen molar-refractivity contribution in [3.63, 3.8) is 0 Å². The first-order valence-electron chi connectivity index (χ1n) is 5.99. The molecule has 0 spiro atoms. The van der Waals surface area contributed by atoms with E-state index in [1.54, 1.807) is 0 Å². The van der Waals surface area contributed by atoms with Gasteiger partial charge < -0.3 is 5.32 Å². The Balaban J connectivity index is 1.70. The van der Waals surface area contributed by atoms with E-state index in [2.05, 4.69) is 39.9 Å². The van der Waals surface area contributed by atoms with E-state index in [0.717, 1.165) is 12.2 Å². The van der Waals surface area contributed by atoms with E-state index < -0.39 is 0 Å². The molecule has 0 saturated heterocycles. The fourth-order valence-corrected chi connectivity index (χ4v) is 2.47. The van der Waals surface area contributed by atoms with Crippen molar-refractivity contribution in [1.29, 1.82) is 0 Å². The smallest absolute Gasteiger partial charge is 0.0738 e. The van der Waals surface area contributed by atoms with Crippen LogP contribution in [0.25, 0.3) is 0 Å². The number of aryl methyl sites for hydroxylation is 2. The number of aromatic nitrogens is 3. The van der Waals surface area contributed by atoms with E-state index in [1.807, 2.05) is 17.9 Å². The van der Waals surface area contributed by atoms with Crippen molar-refractivity contribution < 1.29 is 0 Å². The van der Waals surface area contributed by atoms with Gasteiger partial charge in [0.05, 0.1) is 11.9 Å². The number of nitrogens with one attached hydrogen (secondary N) is 1. The zero-order valence-corrected chi connectivity index (χ0v) is 9.93. The lowest BCUT2D eigenvalue weighted by molar-refractivity contribution is 0.512. The number of nitrogens with zero attached hydrogens (tertiary/aromatic N) is 3. The van der Waals surface area contributed by atoms with E-state index in [1.165, 1.54) is 24.0 Å². The molecule has 4 nitrogen and oxygen atoms in total. The zero-order chi connectivity index (χ0) is 11.7. The Morgan fingerprint density at radius 3 is 3.12 bits per heavy atom. The lowest BCUT2D eigenvalue weighted by Gasteiger charge is -2.13. The Morgan fingerprint density at radius 2 is 2.29 bits per heavy atom. The molecule has 1 heterocycles. The highest BCUT2D eigenvalue weighted by Crippen LogP contribution is 2.30. The second-order valence-corrected chi connectivity index (χ2v) is 4.52. The van der Waals surface area contributed by atoms with Gasteiger partial charge >= 0.3 is 0 Å². The van der Waals surface area contributed by atoms with Gasteiger partial charge in [0.25, 0.3) is 0 Å². The van der Waals surface area contributed by atoms with Gasteiger partial charge in [0.1, 0.15) is 0 Å². The molecular weight excluding hydrogens is 212 g/mol. The summed E-state index contributed by atoms with van der Waals surface area (Å²) in [5, 5.41) is 11.4. The van der Waals surface area contributed by atoms with E-state index in [9.17, 15) is 0 Å². The van der Waals surface area contributed by atoms with E-state index in [0.29, 0.717) is 6.04 Å². The van der Waals surface area contributed by atoms with Crippen LogP contribution >= 0.6 is 0 Å². The molecule has 0 radical (unpaired) electrons. The van der Waals surface area contributed by atoms with Crippen LogP contribution in [-0.2, 0) is 20.0 Å². The average molecular weight is 228 g/mol. The summed E-state index contributed by atoms with van der Waals surface area (Å²) in [5.74, 6) is 0. The van der Waals surface area contributed by atoms with Crippen molar-refractivity contribution in [2.75, 3.05) is 0 Å². The fourth-order valence-electron chi connectivity index (χ4n) is 2.47. The van der Waals surface area contributed by atoms with Crippen LogP contribution in [0.5, 0.6) is 0 Å². The first-order valence-corrected chi connectivity index (χ1v) is 5.99. The Labute approximate surface area is 101 Å². The van der Waals surface area contributed by atoms with Crippen LogP contribution in [0, 0.1) is 0 Å². The maximum atomic E-state index is 3.93. The molecule has 3 rings (SSSR count). The number of rotatable bonds is 3. The highest BCUT2D eigenvalue weighted by atomic mass is 15.4. The van der Waals surface area contributed by atoms with Gasteiger partial charge in [0, 0.05) is 19.6 Å². The molecule has 0 amide bonds. The molecule has 0 bridgehead atoms. The number of fused-ring (bicyclic) bond motifs is 1. The van der Waals surface area contributed by atoms with Crippen LogP contribution in [0.3, 0.4) is 0 Å². The summed E-state index contributed by atoms with van der Waals surface area (Å²) in [4.78, 5) is 0. The van der Waals surface area contributed by atoms with Gasteiger partial charge in [-0.15, -0.1) is 5.10 Å². The van der Waals surface area contributed by atoms with Gasteiger partial charge in [-0.05, 0) is 24.0 Å². The SMILES string of the molecule is Cn1nncc1CNC1CCc2ccccc21. The van der Waals surface area contributed by atoms with Crippen molar-refractivity contribution >= 4 is 0 Å². The second kappa shape index (κ2) is 4.30. The van der Waals surface area contributed by atoms with Gasteiger partial charge in [0.15, 0.2) is 0 Å². The molecule has 1 aromatic carbocycles. The molecule has 0 aliphatic heterocycles. The predicted octanol–water partition coefficient (Wildman–Crippen LogP) is 1.59. The summed E-state index contributed by atoms with van der Waals surface area (Å²) in [5.41, 5.74) is 4.05. The van der Waals surface area contributed by atoms with Gasteiger partial charge in [-0.3, -0.25) is 4.68 Å². The minimum absolute atomic E-state index is 0.473. The fraction of sp³-hybridized carbons (Fsp3) is 0.385. The molecular formula is C13H16N4. The largest absolute Gasteiger partial charge is 0.304 e. The summed E-state index contributed by atoms with van der Waals surface area (Å²) in [6, 6.07) is 9.15. The molecule has 1 unspecified atom stereocenters. The number of hydrogen-bond donors (Lipinski definition) is 1. The molecule has 1 aliphatic rings. The van der Waals surface area contributed by atoms with Crippen LogP contribution < -0.4 is 5.32 Å². The van der Waals surface area contributed by atoms with Gasteiger partial charge in [-0.2, -0.15) is 0 Å². The van der Waals surface area contributed by atoms with Crippen LogP contribution in [0.1, 0.15) is 29.3 Å². The van der Waals surface area contributed by atoms with E-state index in [4.69, 9.17) is 0 Å². The maximum Gasteiger partial charge on any atom is 0.0738 e. The molecule has 1 aromatic heterocycles. The van der Waals surface area contributed by atoms with Crippen molar-refractivity contribution in [2.24, 2.45) is 7.05 Å². The lowest BCUT2D eigenvalue weighted by Crippen LogP contribution is -2.20. The predicted molar refractivity (Wildman–Crippen MR) is 65.3 cm³/mol. The molecule has 1 atom stereocenters. The first-order chi connectivity index (χ1) is 8.34. The Morgan fingerprint density at radius 1 is 1.41 bits per heavy atom. The van der Waals surface area contributed by atoms with E-state index in [-0.39, 0.29) is 0 Å². The third kappa shape index (κ3) is 1.96. The summed E-state index contributed by atoms with van der Waals surface area (Å²) in [7, 11) is 1.92. The molecule has 0 saturated carbocycles. The normalized spacial score (nSPS) is 18.3. The monoisotopic (exact) mass is 228 g/mol. The first kappa shape index (κ1) is 10.5. The highest BCUT2D eigenvalue weighted by molar-refractivity contribution is 5.34. The standard InChI is InChI=1S/C13H16N4/c1-17-11(9-15-16-17)8-14-13-7-6-10-4-2-3-5-12(10)13/h2-5,9,13-14H,6-8H2,1H3. The van der Waals surface area contributed by atoms with Crippen molar-refractivity contribution in [3.05, 3.63) is 47.3 Å². The van der Waals surface area contributed by atoms with Gasteiger partial charge in [-0.1, -0.05) is 29.5 Å². The average Bonchev–Trinajstić information content (AvgIpc) is 2.93. The molecule has 1 aliphatic carbocycles. The van der Waals surface area contributed by atoms with Crippen molar-refractivity contribution in [1.82, 2.24) is 20.3 Å². The Kier molecular flexibility index (Phi) is 2.65. The Hall–Kier alpha value is -1.68. The topological polar surface area (TPSA) is 42.7 Å². The maximum absolute atomic E-state index is 3.93. The summed E-state index contributed by atoms with van der Waals surface area (Å²) in [6.07, 6.45) is 4.18. The van der Waals surface area contributed by atoms with Gasteiger partial charge in [-0.25, -0.2) is 0 Å². The quantitative estimate of drug-likeness (QED) is 0.867. The highest BCUT2D eigenvalue weighted by Gasteiger charge is 2.21. The summed E-state index contributed by atoms with van der Waals surface area (Å²) >= 11 is 0.